The molecule has 2 fully saturated rings. The van der Waals surface area contributed by atoms with Gasteiger partial charge in [0.2, 0.25) is 0 Å². The van der Waals surface area contributed by atoms with Crippen molar-refractivity contribution in [1.29, 1.82) is 0 Å². The SMILES string of the molecule is CC1(C)[C@H]2CC[C@@]1(CCS(=O)(=O)O)C(=O)C2. The first-order valence-corrected chi connectivity index (χ1v) is 7.28. The number of hydrogen-bond acceptors (Lipinski definition) is 3. The standard InChI is InChI=1S/C11H18O4S/c1-10(2)8-3-4-11(10,9(12)7-8)5-6-16(13,14)15/h8H,3-7H2,1-2H3,(H,13,14,15)/t8-,11+/m0/s1. The minimum atomic E-state index is -3.97. The number of rotatable bonds is 3. The van der Waals surface area contributed by atoms with Crippen molar-refractivity contribution < 1.29 is 17.8 Å². The van der Waals surface area contributed by atoms with Gasteiger partial charge in [-0.2, -0.15) is 8.42 Å². The van der Waals surface area contributed by atoms with Gasteiger partial charge >= 0.3 is 0 Å². The van der Waals surface area contributed by atoms with Crippen LogP contribution < -0.4 is 0 Å². The summed E-state index contributed by atoms with van der Waals surface area (Å²) in [5.74, 6) is 0.285. The highest BCUT2D eigenvalue weighted by atomic mass is 32.2. The summed E-state index contributed by atoms with van der Waals surface area (Å²) in [6, 6.07) is 0. The Morgan fingerprint density at radius 2 is 2.06 bits per heavy atom. The molecule has 0 heterocycles. The Hall–Kier alpha value is -0.420. The smallest absolute Gasteiger partial charge is 0.264 e. The third-order valence-corrected chi connectivity index (χ3v) is 5.65. The molecule has 2 bridgehead atoms. The van der Waals surface area contributed by atoms with E-state index in [9.17, 15) is 13.2 Å². The van der Waals surface area contributed by atoms with Crippen molar-refractivity contribution in [3.8, 4) is 0 Å². The van der Waals surface area contributed by atoms with Gasteiger partial charge in [0, 0.05) is 11.8 Å². The van der Waals surface area contributed by atoms with Crippen molar-refractivity contribution in [3.05, 3.63) is 0 Å². The lowest BCUT2D eigenvalue weighted by Crippen LogP contribution is -2.37. The zero-order valence-electron chi connectivity index (χ0n) is 9.69. The van der Waals surface area contributed by atoms with Gasteiger partial charge in [-0.1, -0.05) is 13.8 Å². The molecule has 0 aliphatic heterocycles. The summed E-state index contributed by atoms with van der Waals surface area (Å²) in [6.07, 6.45) is 2.63. The van der Waals surface area contributed by atoms with Gasteiger partial charge in [0.1, 0.15) is 5.78 Å². The van der Waals surface area contributed by atoms with E-state index in [2.05, 4.69) is 13.8 Å². The Morgan fingerprint density at radius 3 is 2.44 bits per heavy atom. The Balaban J connectivity index is 2.26. The second-order valence-corrected chi connectivity index (χ2v) is 7.27. The third-order valence-electron chi connectivity index (χ3n) is 4.93. The van der Waals surface area contributed by atoms with Crippen LogP contribution in [0, 0.1) is 16.7 Å². The predicted octanol–water partition coefficient (Wildman–Crippen LogP) is 1.66. The highest BCUT2D eigenvalue weighted by Gasteiger charge is 2.63. The highest BCUT2D eigenvalue weighted by Crippen LogP contribution is 2.65. The Morgan fingerprint density at radius 1 is 1.44 bits per heavy atom. The average molecular weight is 246 g/mol. The monoisotopic (exact) mass is 246 g/mol. The number of carbonyl (C=O) groups excluding carboxylic acids is 1. The van der Waals surface area contributed by atoms with Crippen molar-refractivity contribution in [2.45, 2.75) is 39.5 Å². The van der Waals surface area contributed by atoms with Crippen LogP contribution in [-0.2, 0) is 14.9 Å². The molecular formula is C11H18O4S. The maximum Gasteiger partial charge on any atom is 0.264 e. The first kappa shape index (κ1) is 12.0. The summed E-state index contributed by atoms with van der Waals surface area (Å²) in [4.78, 5) is 12.0. The number of Topliss-reactive ketones (excluding diaryl/α,β-unsaturated/α-hetero) is 1. The summed E-state index contributed by atoms with van der Waals surface area (Å²) in [6.45, 7) is 4.11. The van der Waals surface area contributed by atoms with Crippen molar-refractivity contribution >= 4 is 15.9 Å². The van der Waals surface area contributed by atoms with Crippen LogP contribution in [0.25, 0.3) is 0 Å². The number of fused-ring (bicyclic) bond motifs is 2. The van der Waals surface area contributed by atoms with Crippen LogP contribution >= 0.6 is 0 Å². The van der Waals surface area contributed by atoms with E-state index in [-0.39, 0.29) is 23.4 Å². The van der Waals surface area contributed by atoms with Crippen molar-refractivity contribution in [2.24, 2.45) is 16.7 Å². The van der Waals surface area contributed by atoms with E-state index >= 15 is 0 Å². The van der Waals surface area contributed by atoms with Gasteiger partial charge in [0.15, 0.2) is 0 Å². The van der Waals surface area contributed by atoms with Crippen LogP contribution in [0.3, 0.4) is 0 Å². The van der Waals surface area contributed by atoms with E-state index in [1.807, 2.05) is 0 Å². The molecule has 0 unspecified atom stereocenters. The molecule has 2 rings (SSSR count). The van der Waals surface area contributed by atoms with Crippen molar-refractivity contribution in [2.75, 3.05) is 5.75 Å². The fourth-order valence-electron chi connectivity index (χ4n) is 3.66. The van der Waals surface area contributed by atoms with E-state index < -0.39 is 15.5 Å². The zero-order chi connectivity index (χ0) is 12.2. The fourth-order valence-corrected chi connectivity index (χ4v) is 4.27. The molecule has 2 saturated carbocycles. The Labute approximate surface area is 96.2 Å². The van der Waals surface area contributed by atoms with E-state index in [4.69, 9.17) is 4.55 Å². The van der Waals surface area contributed by atoms with Gasteiger partial charge in [-0.25, -0.2) is 0 Å². The summed E-state index contributed by atoms with van der Waals surface area (Å²) in [5, 5.41) is 0. The molecule has 0 saturated heterocycles. The van der Waals surface area contributed by atoms with Gasteiger partial charge in [-0.3, -0.25) is 9.35 Å². The first-order valence-electron chi connectivity index (χ1n) is 5.67. The molecule has 0 aromatic heterocycles. The lowest BCUT2D eigenvalue weighted by Gasteiger charge is -2.36. The normalized spacial score (nSPS) is 36.9. The van der Waals surface area contributed by atoms with Crippen LogP contribution in [0.5, 0.6) is 0 Å². The molecule has 0 amide bonds. The average Bonchev–Trinajstić information content (AvgIpc) is 2.46. The maximum atomic E-state index is 12.0. The molecule has 0 spiro atoms. The molecule has 1 N–H and O–H groups in total. The lowest BCUT2D eigenvalue weighted by atomic mass is 9.67. The summed E-state index contributed by atoms with van der Waals surface area (Å²) in [7, 11) is -3.97. The molecule has 2 aliphatic rings. The first-order chi connectivity index (χ1) is 7.19. The molecule has 0 aromatic rings. The molecular weight excluding hydrogens is 228 g/mol. The quantitative estimate of drug-likeness (QED) is 0.769. The fraction of sp³-hybridized carbons (Fsp3) is 0.909. The Bertz CT molecular complexity index is 423. The third kappa shape index (κ3) is 1.52. The summed E-state index contributed by atoms with van der Waals surface area (Å²) < 4.78 is 30.5. The van der Waals surface area contributed by atoms with Gasteiger partial charge in [-0.15, -0.1) is 0 Å². The molecule has 16 heavy (non-hydrogen) atoms. The van der Waals surface area contributed by atoms with E-state index in [0.29, 0.717) is 12.3 Å². The van der Waals surface area contributed by atoms with E-state index in [0.717, 1.165) is 12.8 Å². The topological polar surface area (TPSA) is 71.4 Å². The molecule has 2 atom stereocenters. The van der Waals surface area contributed by atoms with Crippen LogP contribution in [-0.4, -0.2) is 24.5 Å². The number of hydrogen-bond donors (Lipinski definition) is 1. The minimum Gasteiger partial charge on any atom is -0.299 e. The van der Waals surface area contributed by atoms with E-state index in [1.54, 1.807) is 0 Å². The number of carbonyl (C=O) groups is 1. The maximum absolute atomic E-state index is 12.0. The second kappa shape index (κ2) is 3.29. The van der Waals surface area contributed by atoms with Gasteiger partial charge < -0.3 is 0 Å². The molecule has 92 valence electrons. The summed E-state index contributed by atoms with van der Waals surface area (Å²) >= 11 is 0. The zero-order valence-corrected chi connectivity index (χ0v) is 10.5. The van der Waals surface area contributed by atoms with Crippen LogP contribution in [0.1, 0.15) is 39.5 Å². The van der Waals surface area contributed by atoms with Crippen LogP contribution in [0.2, 0.25) is 0 Å². The highest BCUT2D eigenvalue weighted by molar-refractivity contribution is 7.85. The predicted molar refractivity (Wildman–Crippen MR) is 59.6 cm³/mol. The molecule has 0 aromatic carbocycles. The summed E-state index contributed by atoms with van der Waals surface area (Å²) in [5.41, 5.74) is -0.623. The van der Waals surface area contributed by atoms with E-state index in [1.165, 1.54) is 0 Å². The Kier molecular flexibility index (Phi) is 2.48. The van der Waals surface area contributed by atoms with Gasteiger partial charge in [0.25, 0.3) is 10.1 Å². The number of ketones is 1. The molecule has 4 nitrogen and oxygen atoms in total. The second-order valence-electron chi connectivity index (χ2n) is 5.70. The molecule has 2 aliphatic carbocycles. The van der Waals surface area contributed by atoms with Gasteiger partial charge in [0.05, 0.1) is 5.75 Å². The largest absolute Gasteiger partial charge is 0.299 e. The molecule has 0 radical (unpaired) electrons. The van der Waals surface area contributed by atoms with Crippen LogP contribution in [0.15, 0.2) is 0 Å². The molecule has 5 heteroatoms. The van der Waals surface area contributed by atoms with Crippen molar-refractivity contribution in [1.82, 2.24) is 0 Å². The lowest BCUT2D eigenvalue weighted by molar-refractivity contribution is -0.129. The minimum absolute atomic E-state index is 0.116. The van der Waals surface area contributed by atoms with Crippen LogP contribution in [0.4, 0.5) is 0 Å². The van der Waals surface area contributed by atoms with Gasteiger partial charge in [-0.05, 0) is 30.6 Å². The van der Waals surface area contributed by atoms with Crippen molar-refractivity contribution in [3.63, 3.8) is 0 Å².